The van der Waals surface area contributed by atoms with Crippen LogP contribution in [-0.2, 0) is 17.8 Å². The number of para-hydroxylation sites is 1. The lowest BCUT2D eigenvalue weighted by molar-refractivity contribution is -0.128. The van der Waals surface area contributed by atoms with E-state index in [9.17, 15) is 14.0 Å². The summed E-state index contributed by atoms with van der Waals surface area (Å²) >= 11 is 6.23. The second-order valence-corrected chi connectivity index (χ2v) is 10.8. The highest BCUT2D eigenvalue weighted by molar-refractivity contribution is 6.34. The molecule has 2 N–H and O–H groups in total. The van der Waals surface area contributed by atoms with E-state index >= 15 is 0 Å². The van der Waals surface area contributed by atoms with Crippen molar-refractivity contribution in [3.63, 3.8) is 0 Å². The standard InChI is InChI=1S/C26H30ClFN4O2/c1-25(2,3)24(34)29-13-16-10-18(19(27)12-20(16)28)21(33)11-15-8-7-9-17-22(15)30-14-31-23(17)32-26(4,5)6/h7-10,12,14H,11,13H2,1-6H3,(H,29,34)(H,30,31,32). The summed E-state index contributed by atoms with van der Waals surface area (Å²) in [6.07, 6.45) is 1.49. The van der Waals surface area contributed by atoms with E-state index in [1.165, 1.54) is 12.4 Å². The highest BCUT2D eigenvalue weighted by Crippen LogP contribution is 2.27. The smallest absolute Gasteiger partial charge is 0.225 e. The van der Waals surface area contributed by atoms with Crippen molar-refractivity contribution in [3.8, 4) is 0 Å². The predicted molar refractivity (Wildman–Crippen MR) is 134 cm³/mol. The monoisotopic (exact) mass is 484 g/mol. The molecule has 0 aliphatic rings. The lowest BCUT2D eigenvalue weighted by Crippen LogP contribution is -2.34. The Morgan fingerprint density at radius 2 is 1.74 bits per heavy atom. The van der Waals surface area contributed by atoms with Crippen LogP contribution in [0.1, 0.15) is 63.0 Å². The van der Waals surface area contributed by atoms with E-state index in [-0.39, 0.29) is 46.3 Å². The van der Waals surface area contributed by atoms with E-state index in [0.717, 1.165) is 11.5 Å². The van der Waals surface area contributed by atoms with Gasteiger partial charge >= 0.3 is 0 Å². The van der Waals surface area contributed by atoms with Gasteiger partial charge in [-0.1, -0.05) is 44.5 Å². The van der Waals surface area contributed by atoms with Crippen molar-refractivity contribution >= 4 is 40.0 Å². The Morgan fingerprint density at radius 3 is 2.38 bits per heavy atom. The number of anilines is 1. The summed E-state index contributed by atoms with van der Waals surface area (Å²) in [6.45, 7) is 11.4. The van der Waals surface area contributed by atoms with Gasteiger partial charge in [0, 0.05) is 40.4 Å². The van der Waals surface area contributed by atoms with Crippen molar-refractivity contribution in [3.05, 3.63) is 64.2 Å². The molecule has 0 aliphatic carbocycles. The molecule has 3 aromatic rings. The molecule has 3 rings (SSSR count). The van der Waals surface area contributed by atoms with Crippen molar-refractivity contribution < 1.29 is 14.0 Å². The first kappa shape index (κ1) is 25.6. The van der Waals surface area contributed by atoms with E-state index in [2.05, 4.69) is 20.6 Å². The number of hydrogen-bond acceptors (Lipinski definition) is 5. The van der Waals surface area contributed by atoms with Crippen molar-refractivity contribution in [2.45, 2.75) is 60.0 Å². The second-order valence-electron chi connectivity index (χ2n) is 10.4. The number of nitrogens with one attached hydrogen (secondary N) is 2. The van der Waals surface area contributed by atoms with E-state index in [0.29, 0.717) is 16.9 Å². The molecule has 0 radical (unpaired) electrons. The van der Waals surface area contributed by atoms with Gasteiger partial charge in [-0.2, -0.15) is 0 Å². The van der Waals surface area contributed by atoms with E-state index < -0.39 is 11.2 Å². The molecule has 0 saturated heterocycles. The number of benzene rings is 2. The first-order chi connectivity index (χ1) is 15.8. The van der Waals surface area contributed by atoms with Gasteiger partial charge in [0.25, 0.3) is 0 Å². The summed E-state index contributed by atoms with van der Waals surface area (Å²) in [4.78, 5) is 34.1. The fraction of sp³-hybridized carbons (Fsp3) is 0.385. The maximum absolute atomic E-state index is 14.5. The summed E-state index contributed by atoms with van der Waals surface area (Å²) < 4.78 is 14.5. The van der Waals surface area contributed by atoms with Crippen molar-refractivity contribution in [2.24, 2.45) is 5.41 Å². The molecule has 1 heterocycles. The molecule has 1 amide bonds. The summed E-state index contributed by atoms with van der Waals surface area (Å²) in [5.74, 6) is -0.385. The zero-order valence-electron chi connectivity index (χ0n) is 20.3. The molecular weight excluding hydrogens is 455 g/mol. The zero-order chi connectivity index (χ0) is 25.3. The van der Waals surface area contributed by atoms with Gasteiger partial charge in [0.1, 0.15) is 18.0 Å². The van der Waals surface area contributed by atoms with Crippen LogP contribution in [0.4, 0.5) is 10.2 Å². The minimum atomic E-state index is -0.613. The van der Waals surface area contributed by atoms with Crippen LogP contribution >= 0.6 is 11.6 Å². The Balaban J connectivity index is 1.90. The number of halogens is 2. The van der Waals surface area contributed by atoms with Gasteiger partial charge in [-0.15, -0.1) is 0 Å². The number of ketones is 1. The van der Waals surface area contributed by atoms with E-state index in [1.54, 1.807) is 20.8 Å². The topological polar surface area (TPSA) is 84.0 Å². The van der Waals surface area contributed by atoms with Crippen LogP contribution in [0.15, 0.2) is 36.7 Å². The van der Waals surface area contributed by atoms with Crippen LogP contribution in [0.25, 0.3) is 10.9 Å². The van der Waals surface area contributed by atoms with Crippen molar-refractivity contribution in [1.82, 2.24) is 15.3 Å². The Morgan fingerprint density at radius 1 is 1.03 bits per heavy atom. The van der Waals surface area contributed by atoms with Gasteiger partial charge in [-0.05, 0) is 44.5 Å². The molecule has 0 unspecified atom stereocenters. The van der Waals surface area contributed by atoms with Crippen LogP contribution in [0, 0.1) is 11.2 Å². The van der Waals surface area contributed by atoms with Crippen LogP contribution in [0.2, 0.25) is 5.02 Å². The Labute approximate surface area is 204 Å². The lowest BCUT2D eigenvalue weighted by Gasteiger charge is -2.22. The SMILES string of the molecule is CC(C)(C)Nc1ncnc2c(CC(=O)c3cc(CNC(=O)C(C)(C)C)c(F)cc3Cl)cccc12. The maximum atomic E-state index is 14.5. The molecule has 0 atom stereocenters. The number of Topliss-reactive ketones (excluding diaryl/α,β-unsaturated/α-hetero) is 1. The summed E-state index contributed by atoms with van der Waals surface area (Å²) in [5, 5.41) is 6.90. The fourth-order valence-corrected chi connectivity index (χ4v) is 3.65. The molecule has 0 aliphatic heterocycles. The third-order valence-electron chi connectivity index (χ3n) is 5.15. The number of fused-ring (bicyclic) bond motifs is 1. The van der Waals surface area contributed by atoms with Gasteiger partial charge in [0.15, 0.2) is 5.78 Å². The third kappa shape index (κ3) is 6.08. The van der Waals surface area contributed by atoms with Crippen molar-refractivity contribution in [1.29, 1.82) is 0 Å². The molecule has 180 valence electrons. The molecule has 2 aromatic carbocycles. The third-order valence-corrected chi connectivity index (χ3v) is 5.46. The fourth-order valence-electron chi connectivity index (χ4n) is 3.40. The minimum Gasteiger partial charge on any atom is -0.365 e. The van der Waals surface area contributed by atoms with Crippen LogP contribution in [0.3, 0.4) is 0 Å². The number of carbonyl (C=O) groups excluding carboxylic acids is 2. The number of aromatic nitrogens is 2. The van der Waals surface area contributed by atoms with Gasteiger partial charge < -0.3 is 10.6 Å². The summed E-state index contributed by atoms with van der Waals surface area (Å²) in [6, 6.07) is 8.11. The Hall–Kier alpha value is -3.06. The second kappa shape index (κ2) is 9.66. The minimum absolute atomic E-state index is 0.0262. The van der Waals surface area contributed by atoms with Crippen LogP contribution in [0.5, 0.6) is 0 Å². The van der Waals surface area contributed by atoms with Gasteiger partial charge in [0.2, 0.25) is 5.91 Å². The molecule has 1 aromatic heterocycles. The number of rotatable bonds is 6. The Kier molecular flexibility index (Phi) is 7.26. The normalized spacial score (nSPS) is 12.0. The first-order valence-corrected chi connectivity index (χ1v) is 11.4. The van der Waals surface area contributed by atoms with Crippen LogP contribution < -0.4 is 10.6 Å². The number of hydrogen-bond donors (Lipinski definition) is 2. The van der Waals surface area contributed by atoms with Gasteiger partial charge in [-0.25, -0.2) is 14.4 Å². The molecular formula is C26H30ClFN4O2. The molecule has 0 fully saturated rings. The Bertz CT molecular complexity index is 1250. The average molecular weight is 485 g/mol. The summed E-state index contributed by atoms with van der Waals surface area (Å²) in [7, 11) is 0. The predicted octanol–water partition coefficient (Wildman–Crippen LogP) is 5.72. The lowest BCUT2D eigenvalue weighted by atomic mass is 9.95. The van der Waals surface area contributed by atoms with Gasteiger partial charge in [-0.3, -0.25) is 9.59 Å². The number of amides is 1. The molecule has 0 bridgehead atoms. The molecule has 34 heavy (non-hydrogen) atoms. The highest BCUT2D eigenvalue weighted by atomic mass is 35.5. The number of carbonyl (C=O) groups is 2. The van der Waals surface area contributed by atoms with E-state index in [4.69, 9.17) is 11.6 Å². The molecule has 8 heteroatoms. The molecule has 6 nitrogen and oxygen atoms in total. The quantitative estimate of drug-likeness (QED) is 0.437. The number of nitrogens with zero attached hydrogens (tertiary/aromatic N) is 2. The maximum Gasteiger partial charge on any atom is 0.225 e. The first-order valence-electron chi connectivity index (χ1n) is 11.1. The summed E-state index contributed by atoms with van der Waals surface area (Å²) in [5.41, 5.74) is 0.953. The van der Waals surface area contributed by atoms with Crippen molar-refractivity contribution in [2.75, 3.05) is 5.32 Å². The van der Waals surface area contributed by atoms with Crippen LogP contribution in [-0.4, -0.2) is 27.2 Å². The molecule has 0 spiro atoms. The highest BCUT2D eigenvalue weighted by Gasteiger charge is 2.22. The largest absolute Gasteiger partial charge is 0.365 e. The van der Waals surface area contributed by atoms with Gasteiger partial charge in [0.05, 0.1) is 10.5 Å². The molecule has 0 saturated carbocycles. The average Bonchev–Trinajstić information content (AvgIpc) is 2.71. The zero-order valence-corrected chi connectivity index (χ0v) is 21.1. The van der Waals surface area contributed by atoms with E-state index in [1.807, 2.05) is 39.0 Å².